The molecule has 0 bridgehead atoms. The molecule has 1 atom stereocenters. The maximum atomic E-state index is 9.83. The summed E-state index contributed by atoms with van der Waals surface area (Å²) in [5.41, 5.74) is 2.62. The second kappa shape index (κ2) is 5.71. The van der Waals surface area contributed by atoms with Crippen LogP contribution in [0.2, 0.25) is 0 Å². The molecule has 0 spiro atoms. The average molecular weight is 297 g/mol. The Morgan fingerprint density at radius 2 is 2.00 bits per heavy atom. The molecule has 1 fully saturated rings. The second-order valence-electron chi connectivity index (χ2n) is 6.43. The summed E-state index contributed by atoms with van der Waals surface area (Å²) in [6, 6.07) is 8.58. The van der Waals surface area contributed by atoms with Gasteiger partial charge in [-0.1, -0.05) is 6.07 Å². The molecule has 0 N–H and O–H groups in total. The Balaban J connectivity index is 1.91. The monoisotopic (exact) mass is 297 g/mol. The lowest BCUT2D eigenvalue weighted by atomic mass is 9.93. The highest BCUT2D eigenvalue weighted by molar-refractivity contribution is 5.43. The van der Waals surface area contributed by atoms with Crippen LogP contribution >= 0.6 is 0 Å². The van der Waals surface area contributed by atoms with Crippen LogP contribution in [0.1, 0.15) is 18.3 Å². The number of imidazole rings is 1. The van der Waals surface area contributed by atoms with E-state index in [0.29, 0.717) is 6.42 Å². The maximum Gasteiger partial charge on any atom is 0.137 e. The molecule has 0 radical (unpaired) electrons. The molecule has 116 valence electrons. The van der Waals surface area contributed by atoms with E-state index in [4.69, 9.17) is 0 Å². The number of nitrogens with zero attached hydrogens (tertiary/aromatic N) is 5. The third-order valence-electron chi connectivity index (χ3n) is 4.78. The van der Waals surface area contributed by atoms with Crippen LogP contribution < -0.4 is 0 Å². The van der Waals surface area contributed by atoms with Gasteiger partial charge in [-0.3, -0.25) is 4.90 Å². The van der Waals surface area contributed by atoms with E-state index in [0.717, 1.165) is 43.2 Å². The number of hydrogen-bond donors (Lipinski definition) is 0. The van der Waals surface area contributed by atoms with Gasteiger partial charge in [0.25, 0.3) is 0 Å². The normalized spacial score (nSPS) is 19.9. The molecule has 1 unspecified atom stereocenters. The van der Waals surface area contributed by atoms with Crippen molar-refractivity contribution in [3.63, 3.8) is 0 Å². The molecule has 22 heavy (non-hydrogen) atoms. The molecule has 1 aliphatic heterocycles. The molecule has 0 amide bonds. The zero-order valence-electron chi connectivity index (χ0n) is 13.6. The first-order chi connectivity index (χ1) is 10.5. The van der Waals surface area contributed by atoms with Crippen molar-refractivity contribution in [2.24, 2.45) is 0 Å². The summed E-state index contributed by atoms with van der Waals surface area (Å²) in [6.45, 7) is 8.00. The molecule has 5 nitrogen and oxygen atoms in total. The molecular formula is C17H23N5. The molecule has 2 aromatic rings. The van der Waals surface area contributed by atoms with E-state index in [2.05, 4.69) is 39.2 Å². The molecule has 3 rings (SSSR count). The van der Waals surface area contributed by atoms with Crippen molar-refractivity contribution in [2.75, 3.05) is 33.2 Å². The minimum Gasteiger partial charge on any atom is -0.304 e. The van der Waals surface area contributed by atoms with Gasteiger partial charge in [0.15, 0.2) is 0 Å². The molecule has 2 aromatic heterocycles. The van der Waals surface area contributed by atoms with Gasteiger partial charge in [0.05, 0.1) is 11.8 Å². The van der Waals surface area contributed by atoms with E-state index in [-0.39, 0.29) is 0 Å². The minimum atomic E-state index is -0.488. The fourth-order valence-corrected chi connectivity index (χ4v) is 3.23. The maximum absolute atomic E-state index is 9.83. The van der Waals surface area contributed by atoms with Gasteiger partial charge in [0.2, 0.25) is 0 Å². The quantitative estimate of drug-likeness (QED) is 0.865. The van der Waals surface area contributed by atoms with E-state index < -0.39 is 5.54 Å². The van der Waals surface area contributed by atoms with Gasteiger partial charge in [0.1, 0.15) is 11.2 Å². The van der Waals surface area contributed by atoms with Crippen molar-refractivity contribution in [3.8, 4) is 6.07 Å². The zero-order chi connectivity index (χ0) is 15.7. The number of likely N-dealkylation sites (N-methyl/N-ethyl adjacent to an activating group) is 1. The molecule has 3 heterocycles. The van der Waals surface area contributed by atoms with E-state index in [1.54, 1.807) is 0 Å². The van der Waals surface area contributed by atoms with E-state index >= 15 is 0 Å². The first kappa shape index (κ1) is 15.0. The fourth-order valence-electron chi connectivity index (χ4n) is 3.23. The van der Waals surface area contributed by atoms with Crippen molar-refractivity contribution < 1.29 is 0 Å². The summed E-state index contributed by atoms with van der Waals surface area (Å²) in [7, 11) is 2.13. The molecular weight excluding hydrogens is 274 g/mol. The summed E-state index contributed by atoms with van der Waals surface area (Å²) in [5.74, 6) is 0. The Labute approximate surface area is 131 Å². The van der Waals surface area contributed by atoms with Crippen LogP contribution in [-0.4, -0.2) is 58.0 Å². The zero-order valence-corrected chi connectivity index (χ0v) is 13.6. The Kier molecular flexibility index (Phi) is 3.90. The Bertz CT molecular complexity index is 705. The minimum absolute atomic E-state index is 0.488. The molecule has 0 saturated carbocycles. The summed E-state index contributed by atoms with van der Waals surface area (Å²) < 4.78 is 2.11. The standard InChI is InChI=1S/C17H23N5/c1-14-15(22-7-5-4-6-16(22)19-14)12-17(2,13-18)21-10-8-20(3)9-11-21/h4-7H,8-12H2,1-3H3. The number of aryl methyl sites for hydroxylation is 1. The number of pyridine rings is 1. The third-order valence-corrected chi connectivity index (χ3v) is 4.78. The second-order valence-corrected chi connectivity index (χ2v) is 6.43. The lowest BCUT2D eigenvalue weighted by molar-refractivity contribution is 0.0828. The number of aromatic nitrogens is 2. The molecule has 0 aromatic carbocycles. The summed E-state index contributed by atoms with van der Waals surface area (Å²) >= 11 is 0. The molecule has 0 aliphatic carbocycles. The van der Waals surface area contributed by atoms with Crippen LogP contribution in [0.25, 0.3) is 5.65 Å². The van der Waals surface area contributed by atoms with Crippen molar-refractivity contribution in [2.45, 2.75) is 25.8 Å². The summed E-state index contributed by atoms with van der Waals surface area (Å²) in [4.78, 5) is 9.24. The highest BCUT2D eigenvalue weighted by atomic mass is 15.3. The summed E-state index contributed by atoms with van der Waals surface area (Å²) in [6.07, 6.45) is 2.73. The number of rotatable bonds is 3. The number of piperazine rings is 1. The first-order valence-corrected chi connectivity index (χ1v) is 7.81. The van der Waals surface area contributed by atoms with Crippen LogP contribution in [0, 0.1) is 18.3 Å². The molecule has 1 saturated heterocycles. The van der Waals surface area contributed by atoms with E-state index in [1.165, 1.54) is 0 Å². The van der Waals surface area contributed by atoms with Gasteiger partial charge in [-0.2, -0.15) is 5.26 Å². The van der Waals surface area contributed by atoms with Crippen LogP contribution in [-0.2, 0) is 6.42 Å². The molecule has 1 aliphatic rings. The van der Waals surface area contributed by atoms with E-state index in [9.17, 15) is 5.26 Å². The Morgan fingerprint density at radius 3 is 2.68 bits per heavy atom. The van der Waals surface area contributed by atoms with Crippen molar-refractivity contribution in [1.29, 1.82) is 5.26 Å². The Morgan fingerprint density at radius 1 is 1.27 bits per heavy atom. The predicted octanol–water partition coefficient (Wildman–Crippen LogP) is 1.71. The first-order valence-electron chi connectivity index (χ1n) is 7.81. The van der Waals surface area contributed by atoms with Gasteiger partial charge in [-0.15, -0.1) is 0 Å². The van der Waals surface area contributed by atoms with Crippen molar-refractivity contribution in [1.82, 2.24) is 19.2 Å². The lowest BCUT2D eigenvalue weighted by Gasteiger charge is -2.41. The van der Waals surface area contributed by atoms with Crippen LogP contribution in [0.5, 0.6) is 0 Å². The number of hydrogen-bond acceptors (Lipinski definition) is 4. The van der Waals surface area contributed by atoms with Crippen molar-refractivity contribution >= 4 is 5.65 Å². The van der Waals surface area contributed by atoms with Gasteiger partial charge in [-0.25, -0.2) is 4.98 Å². The lowest BCUT2D eigenvalue weighted by Crippen LogP contribution is -2.55. The average Bonchev–Trinajstić information content (AvgIpc) is 2.84. The van der Waals surface area contributed by atoms with Gasteiger partial charge in [-0.05, 0) is 33.0 Å². The third kappa shape index (κ3) is 2.60. The van der Waals surface area contributed by atoms with Crippen LogP contribution in [0.15, 0.2) is 24.4 Å². The SMILES string of the molecule is Cc1nc2ccccn2c1CC(C)(C#N)N1CCN(C)CC1. The predicted molar refractivity (Wildman–Crippen MR) is 86.7 cm³/mol. The van der Waals surface area contributed by atoms with Gasteiger partial charge < -0.3 is 9.30 Å². The van der Waals surface area contributed by atoms with Crippen LogP contribution in [0.3, 0.4) is 0 Å². The highest BCUT2D eigenvalue weighted by Crippen LogP contribution is 2.24. The largest absolute Gasteiger partial charge is 0.304 e. The van der Waals surface area contributed by atoms with Gasteiger partial charge >= 0.3 is 0 Å². The van der Waals surface area contributed by atoms with Crippen LogP contribution in [0.4, 0.5) is 0 Å². The van der Waals surface area contributed by atoms with E-state index in [1.807, 2.05) is 31.3 Å². The molecule has 5 heteroatoms. The number of nitriles is 1. The van der Waals surface area contributed by atoms with Gasteiger partial charge in [0, 0.05) is 44.5 Å². The fraction of sp³-hybridized carbons (Fsp3) is 0.529. The highest BCUT2D eigenvalue weighted by Gasteiger charge is 2.35. The number of fused-ring (bicyclic) bond motifs is 1. The topological polar surface area (TPSA) is 47.6 Å². The smallest absolute Gasteiger partial charge is 0.137 e. The summed E-state index contributed by atoms with van der Waals surface area (Å²) in [5, 5.41) is 9.83. The van der Waals surface area contributed by atoms with Crippen molar-refractivity contribution in [3.05, 3.63) is 35.8 Å². The Hall–Kier alpha value is -1.90.